The molecule has 1 heterocycles. The van der Waals surface area contributed by atoms with Crippen LogP contribution in [0.15, 0.2) is 6.07 Å². The molecule has 0 aromatic carbocycles. The largest absolute Gasteiger partial charge is 0.293 e. The van der Waals surface area contributed by atoms with E-state index in [4.69, 9.17) is 0 Å². The van der Waals surface area contributed by atoms with Crippen molar-refractivity contribution in [3.05, 3.63) is 21.4 Å². The van der Waals surface area contributed by atoms with E-state index in [0.29, 0.717) is 11.7 Å². The Kier molecular flexibility index (Phi) is 2.84. The molecule has 2 aliphatic rings. The Morgan fingerprint density at radius 2 is 1.88 bits per heavy atom. The summed E-state index contributed by atoms with van der Waals surface area (Å²) in [6.45, 7) is 0. The Balaban J connectivity index is 1.83. The van der Waals surface area contributed by atoms with E-state index in [9.17, 15) is 4.79 Å². The molecular formula is C14H18OS. The molecule has 86 valence electrons. The number of carbonyl (C=O) groups is 1. The highest BCUT2D eigenvalue weighted by Gasteiger charge is 2.26. The summed E-state index contributed by atoms with van der Waals surface area (Å²) < 4.78 is 0. The fourth-order valence-electron chi connectivity index (χ4n) is 3.00. The van der Waals surface area contributed by atoms with Crippen LogP contribution in [0, 0.1) is 5.92 Å². The number of aryl methyl sites for hydroxylation is 2. The molecule has 0 atom stereocenters. The van der Waals surface area contributed by atoms with Gasteiger partial charge in [0.05, 0.1) is 4.88 Å². The minimum atomic E-state index is 0.347. The first-order valence-corrected chi connectivity index (χ1v) is 7.32. The van der Waals surface area contributed by atoms with Crippen molar-refractivity contribution in [1.29, 1.82) is 0 Å². The van der Waals surface area contributed by atoms with Gasteiger partial charge in [-0.1, -0.05) is 12.8 Å². The molecule has 0 unspecified atom stereocenters. The summed E-state index contributed by atoms with van der Waals surface area (Å²) in [6, 6.07) is 2.19. The summed E-state index contributed by atoms with van der Waals surface area (Å²) in [6.07, 6.45) is 9.78. The van der Waals surface area contributed by atoms with Gasteiger partial charge in [0, 0.05) is 10.8 Å². The summed E-state index contributed by atoms with van der Waals surface area (Å²) >= 11 is 1.78. The zero-order valence-corrected chi connectivity index (χ0v) is 10.4. The number of Topliss-reactive ketones (excluding diaryl/α,β-unsaturated/α-hetero) is 1. The maximum Gasteiger partial charge on any atom is 0.175 e. The molecule has 2 aliphatic carbocycles. The van der Waals surface area contributed by atoms with Crippen molar-refractivity contribution in [3.63, 3.8) is 0 Å². The lowest BCUT2D eigenvalue weighted by molar-refractivity contribution is 0.0927. The molecule has 0 bridgehead atoms. The predicted molar refractivity (Wildman–Crippen MR) is 67.2 cm³/mol. The second-order valence-corrected chi connectivity index (χ2v) is 6.25. The van der Waals surface area contributed by atoms with Crippen molar-refractivity contribution in [3.8, 4) is 0 Å². The third-order valence-corrected chi connectivity index (χ3v) is 5.22. The van der Waals surface area contributed by atoms with Gasteiger partial charge < -0.3 is 0 Å². The summed E-state index contributed by atoms with van der Waals surface area (Å²) in [5.74, 6) is 0.789. The van der Waals surface area contributed by atoms with Crippen molar-refractivity contribution in [2.45, 2.75) is 51.4 Å². The summed E-state index contributed by atoms with van der Waals surface area (Å²) in [5.41, 5.74) is 1.47. The molecule has 2 heteroatoms. The summed E-state index contributed by atoms with van der Waals surface area (Å²) in [7, 11) is 0. The van der Waals surface area contributed by atoms with E-state index in [1.807, 2.05) is 0 Å². The molecule has 1 saturated carbocycles. The normalized spacial score (nSPS) is 21.0. The number of hydrogen-bond acceptors (Lipinski definition) is 2. The number of ketones is 1. The van der Waals surface area contributed by atoms with Crippen molar-refractivity contribution < 1.29 is 4.79 Å². The fraction of sp³-hybridized carbons (Fsp3) is 0.643. The second-order valence-electron chi connectivity index (χ2n) is 5.11. The van der Waals surface area contributed by atoms with Gasteiger partial charge in [-0.2, -0.15) is 0 Å². The molecule has 0 saturated heterocycles. The maximum absolute atomic E-state index is 12.3. The Hall–Kier alpha value is -0.630. The SMILES string of the molecule is O=C(c1cc2c(s1)CCCC2)C1CCCC1. The lowest BCUT2D eigenvalue weighted by Gasteiger charge is -2.08. The Bertz CT molecular complexity index is 375. The third kappa shape index (κ3) is 1.84. The van der Waals surface area contributed by atoms with E-state index < -0.39 is 0 Å². The number of thiophene rings is 1. The molecule has 0 amide bonds. The Morgan fingerprint density at radius 1 is 1.12 bits per heavy atom. The minimum Gasteiger partial charge on any atom is -0.293 e. The summed E-state index contributed by atoms with van der Waals surface area (Å²) in [5, 5.41) is 0. The van der Waals surface area contributed by atoms with E-state index in [2.05, 4.69) is 6.07 Å². The van der Waals surface area contributed by atoms with Gasteiger partial charge in [-0.15, -0.1) is 11.3 Å². The first-order valence-electron chi connectivity index (χ1n) is 6.50. The highest BCUT2D eigenvalue weighted by atomic mass is 32.1. The van der Waals surface area contributed by atoms with Gasteiger partial charge in [0.15, 0.2) is 5.78 Å². The van der Waals surface area contributed by atoms with Crippen LogP contribution in [-0.4, -0.2) is 5.78 Å². The molecule has 3 rings (SSSR count). The maximum atomic E-state index is 12.3. The number of hydrogen-bond donors (Lipinski definition) is 0. The number of fused-ring (bicyclic) bond motifs is 1. The quantitative estimate of drug-likeness (QED) is 0.707. The monoisotopic (exact) mass is 234 g/mol. The topological polar surface area (TPSA) is 17.1 Å². The average molecular weight is 234 g/mol. The molecule has 0 radical (unpaired) electrons. The predicted octanol–water partition coefficient (Wildman–Crippen LogP) is 4.00. The van der Waals surface area contributed by atoms with Crippen LogP contribution in [0.1, 0.15) is 58.6 Å². The first-order chi connectivity index (χ1) is 7.84. The molecule has 1 aromatic rings. The van der Waals surface area contributed by atoms with Crippen molar-refractivity contribution in [2.24, 2.45) is 5.92 Å². The fourth-order valence-corrected chi connectivity index (χ4v) is 4.27. The third-order valence-electron chi connectivity index (χ3n) is 3.97. The minimum absolute atomic E-state index is 0.347. The molecule has 0 spiro atoms. The van der Waals surface area contributed by atoms with Gasteiger partial charge >= 0.3 is 0 Å². The molecule has 1 fully saturated rings. The van der Waals surface area contributed by atoms with Crippen LogP contribution in [0.5, 0.6) is 0 Å². The average Bonchev–Trinajstić information content (AvgIpc) is 2.97. The second kappa shape index (κ2) is 4.33. The molecule has 0 N–H and O–H groups in total. The smallest absolute Gasteiger partial charge is 0.175 e. The van der Waals surface area contributed by atoms with Gasteiger partial charge in [0.2, 0.25) is 0 Å². The highest BCUT2D eigenvalue weighted by Crippen LogP contribution is 2.34. The highest BCUT2D eigenvalue weighted by molar-refractivity contribution is 7.14. The first kappa shape index (κ1) is 10.5. The lowest BCUT2D eigenvalue weighted by atomic mass is 9.97. The molecular weight excluding hydrogens is 216 g/mol. The zero-order valence-electron chi connectivity index (χ0n) is 9.63. The van der Waals surface area contributed by atoms with Gasteiger partial charge in [-0.25, -0.2) is 0 Å². The van der Waals surface area contributed by atoms with E-state index in [1.165, 1.54) is 49.0 Å². The van der Waals surface area contributed by atoms with Gasteiger partial charge in [-0.3, -0.25) is 4.79 Å². The Morgan fingerprint density at radius 3 is 2.62 bits per heavy atom. The van der Waals surface area contributed by atoms with Crippen LogP contribution < -0.4 is 0 Å². The van der Waals surface area contributed by atoms with Crippen molar-refractivity contribution >= 4 is 17.1 Å². The van der Waals surface area contributed by atoms with E-state index >= 15 is 0 Å². The van der Waals surface area contributed by atoms with Crippen LogP contribution in [-0.2, 0) is 12.8 Å². The van der Waals surface area contributed by atoms with E-state index in [-0.39, 0.29) is 0 Å². The van der Waals surface area contributed by atoms with Gasteiger partial charge in [0.25, 0.3) is 0 Å². The van der Waals surface area contributed by atoms with Crippen LogP contribution in [0.25, 0.3) is 0 Å². The number of carbonyl (C=O) groups excluding carboxylic acids is 1. The van der Waals surface area contributed by atoms with Crippen molar-refractivity contribution in [1.82, 2.24) is 0 Å². The van der Waals surface area contributed by atoms with Crippen LogP contribution in [0.2, 0.25) is 0 Å². The Labute approximate surface area is 101 Å². The molecule has 1 aromatic heterocycles. The molecule has 1 nitrogen and oxygen atoms in total. The standard InChI is InChI=1S/C14H18OS/c15-14(10-5-1-2-6-10)13-9-11-7-3-4-8-12(11)16-13/h9-10H,1-8H2. The number of rotatable bonds is 2. The van der Waals surface area contributed by atoms with Gasteiger partial charge in [0.1, 0.15) is 0 Å². The van der Waals surface area contributed by atoms with Gasteiger partial charge in [-0.05, 0) is 50.2 Å². The van der Waals surface area contributed by atoms with Crippen LogP contribution in [0.3, 0.4) is 0 Å². The van der Waals surface area contributed by atoms with E-state index in [1.54, 1.807) is 11.3 Å². The molecule has 16 heavy (non-hydrogen) atoms. The van der Waals surface area contributed by atoms with Crippen molar-refractivity contribution in [2.75, 3.05) is 0 Å². The summed E-state index contributed by atoms with van der Waals surface area (Å²) in [4.78, 5) is 14.8. The lowest BCUT2D eigenvalue weighted by Crippen LogP contribution is -2.08. The van der Waals surface area contributed by atoms with Crippen LogP contribution in [0.4, 0.5) is 0 Å². The van der Waals surface area contributed by atoms with E-state index in [0.717, 1.165) is 17.7 Å². The molecule has 0 aliphatic heterocycles. The zero-order chi connectivity index (χ0) is 11.0. The van der Waals surface area contributed by atoms with Crippen LogP contribution >= 0.6 is 11.3 Å².